The van der Waals surface area contributed by atoms with Gasteiger partial charge in [0.05, 0.1) is 0 Å². The summed E-state index contributed by atoms with van der Waals surface area (Å²) in [4.78, 5) is 18.1. The van der Waals surface area contributed by atoms with E-state index in [9.17, 15) is 4.79 Å². The smallest absolute Gasteiger partial charge is 0.227 e. The Hall–Kier alpha value is -2.36. The Morgan fingerprint density at radius 2 is 2.05 bits per heavy atom. The molecule has 1 aliphatic rings. The van der Waals surface area contributed by atoms with E-state index in [-0.39, 0.29) is 5.91 Å². The first kappa shape index (κ1) is 12.7. The summed E-state index contributed by atoms with van der Waals surface area (Å²) in [5, 5.41) is 0. The van der Waals surface area contributed by atoms with Crippen molar-refractivity contribution in [1.82, 2.24) is 4.98 Å². The molecule has 1 amide bonds. The van der Waals surface area contributed by atoms with E-state index in [0.717, 1.165) is 29.9 Å². The average Bonchev–Trinajstić information content (AvgIpc) is 2.83. The molecule has 1 fully saturated rings. The maximum absolute atomic E-state index is 12.1. The number of pyridine rings is 1. The van der Waals surface area contributed by atoms with Crippen molar-refractivity contribution >= 4 is 17.3 Å². The van der Waals surface area contributed by atoms with Crippen molar-refractivity contribution in [2.24, 2.45) is 5.92 Å². The van der Waals surface area contributed by atoms with E-state index in [1.165, 1.54) is 0 Å². The van der Waals surface area contributed by atoms with Crippen LogP contribution < -0.4 is 10.6 Å². The molecule has 102 valence electrons. The van der Waals surface area contributed by atoms with E-state index in [1.807, 2.05) is 35.2 Å². The summed E-state index contributed by atoms with van der Waals surface area (Å²) in [6, 6.07) is 11.6. The van der Waals surface area contributed by atoms with Crippen LogP contribution in [0.3, 0.4) is 0 Å². The summed E-state index contributed by atoms with van der Waals surface area (Å²) in [6.45, 7) is 0.747. The van der Waals surface area contributed by atoms with Crippen LogP contribution in [0.1, 0.15) is 12.0 Å². The van der Waals surface area contributed by atoms with Gasteiger partial charge in [0.25, 0.3) is 0 Å². The number of nitrogens with zero attached hydrogens (tertiary/aromatic N) is 2. The van der Waals surface area contributed by atoms with Gasteiger partial charge in [0.2, 0.25) is 5.91 Å². The lowest BCUT2D eigenvalue weighted by atomic mass is 9.99. The maximum atomic E-state index is 12.1. The quantitative estimate of drug-likeness (QED) is 0.928. The summed E-state index contributed by atoms with van der Waals surface area (Å²) in [6.07, 6.45) is 4.86. The molecule has 4 heteroatoms. The highest BCUT2D eigenvalue weighted by molar-refractivity contribution is 5.95. The molecule has 1 saturated heterocycles. The van der Waals surface area contributed by atoms with E-state index in [0.29, 0.717) is 12.3 Å². The normalized spacial score (nSPS) is 18.5. The van der Waals surface area contributed by atoms with E-state index >= 15 is 0 Å². The molecular weight excluding hydrogens is 250 g/mol. The number of benzene rings is 1. The number of hydrogen-bond donors (Lipinski definition) is 1. The predicted octanol–water partition coefficient (Wildman–Crippen LogP) is 2.26. The van der Waals surface area contributed by atoms with Crippen LogP contribution in [0.4, 0.5) is 11.4 Å². The van der Waals surface area contributed by atoms with Gasteiger partial charge in [-0.25, -0.2) is 0 Å². The highest BCUT2D eigenvalue weighted by Gasteiger charge is 2.30. The largest absolute Gasteiger partial charge is 0.398 e. The van der Waals surface area contributed by atoms with Crippen molar-refractivity contribution in [3.8, 4) is 0 Å². The van der Waals surface area contributed by atoms with E-state index in [2.05, 4.69) is 4.98 Å². The second-order valence-corrected chi connectivity index (χ2v) is 5.19. The second-order valence-electron chi connectivity index (χ2n) is 5.19. The lowest BCUT2D eigenvalue weighted by Crippen LogP contribution is -2.24. The van der Waals surface area contributed by atoms with Crippen LogP contribution in [0.2, 0.25) is 0 Å². The van der Waals surface area contributed by atoms with E-state index in [1.54, 1.807) is 18.5 Å². The van der Waals surface area contributed by atoms with Crippen molar-refractivity contribution in [2.75, 3.05) is 17.2 Å². The first-order chi connectivity index (χ1) is 9.74. The molecule has 0 radical (unpaired) electrons. The minimum Gasteiger partial charge on any atom is -0.398 e. The molecule has 2 N–H and O–H groups in total. The monoisotopic (exact) mass is 267 g/mol. The van der Waals surface area contributed by atoms with Gasteiger partial charge in [0.1, 0.15) is 0 Å². The van der Waals surface area contributed by atoms with Crippen LogP contribution in [0, 0.1) is 5.92 Å². The van der Waals surface area contributed by atoms with Gasteiger partial charge in [-0.3, -0.25) is 9.78 Å². The fraction of sp³-hybridized carbons (Fsp3) is 0.250. The third-order valence-electron chi connectivity index (χ3n) is 3.72. The molecule has 3 rings (SSSR count). The summed E-state index contributed by atoms with van der Waals surface area (Å²) in [7, 11) is 0. The zero-order chi connectivity index (χ0) is 13.9. The standard InChI is InChI=1S/C16H17N3O/c17-15-6-7-18-10-13(15)8-12-9-16(20)19(11-12)14-4-2-1-3-5-14/h1-7,10,12H,8-9,11H2,(H2,17,18)/t12-/m1/s1. The molecule has 2 heterocycles. The zero-order valence-electron chi connectivity index (χ0n) is 11.2. The molecule has 1 aliphatic heterocycles. The number of carbonyl (C=O) groups is 1. The summed E-state index contributed by atoms with van der Waals surface area (Å²) < 4.78 is 0. The third kappa shape index (κ3) is 2.50. The number of carbonyl (C=O) groups excluding carboxylic acids is 1. The van der Waals surface area contributed by atoms with Crippen molar-refractivity contribution in [3.05, 3.63) is 54.4 Å². The Labute approximate surface area is 118 Å². The van der Waals surface area contributed by atoms with Crippen LogP contribution in [0.5, 0.6) is 0 Å². The third-order valence-corrected chi connectivity index (χ3v) is 3.72. The Kier molecular flexibility index (Phi) is 3.37. The molecule has 0 spiro atoms. The van der Waals surface area contributed by atoms with Crippen LogP contribution in [0.15, 0.2) is 48.8 Å². The second kappa shape index (κ2) is 5.33. The fourth-order valence-corrected chi connectivity index (χ4v) is 2.70. The molecule has 4 nitrogen and oxygen atoms in total. The molecule has 1 aromatic heterocycles. The highest BCUT2D eigenvalue weighted by Crippen LogP contribution is 2.28. The Morgan fingerprint density at radius 3 is 2.80 bits per heavy atom. The van der Waals surface area contributed by atoms with Crippen molar-refractivity contribution in [1.29, 1.82) is 0 Å². The lowest BCUT2D eigenvalue weighted by molar-refractivity contribution is -0.117. The SMILES string of the molecule is Nc1ccncc1C[C@@H]1CC(=O)N(c2ccccc2)C1. The van der Waals surface area contributed by atoms with Crippen LogP contribution in [0.25, 0.3) is 0 Å². The average molecular weight is 267 g/mol. The number of nitrogens with two attached hydrogens (primary N) is 1. The molecule has 1 atom stereocenters. The number of nitrogen functional groups attached to an aromatic ring is 1. The van der Waals surface area contributed by atoms with E-state index < -0.39 is 0 Å². The van der Waals surface area contributed by atoms with Gasteiger partial charge in [0.15, 0.2) is 0 Å². The molecule has 0 aliphatic carbocycles. The number of anilines is 2. The number of rotatable bonds is 3. The van der Waals surface area contributed by atoms with Crippen molar-refractivity contribution in [2.45, 2.75) is 12.8 Å². The van der Waals surface area contributed by atoms with Crippen molar-refractivity contribution < 1.29 is 4.79 Å². The highest BCUT2D eigenvalue weighted by atomic mass is 16.2. The minimum atomic E-state index is 0.184. The topological polar surface area (TPSA) is 59.2 Å². The molecule has 0 saturated carbocycles. The van der Waals surface area contributed by atoms with Gasteiger partial charge < -0.3 is 10.6 Å². The fourth-order valence-electron chi connectivity index (χ4n) is 2.70. The maximum Gasteiger partial charge on any atom is 0.227 e. The molecular formula is C16H17N3O. The number of aromatic nitrogens is 1. The van der Waals surface area contributed by atoms with Gasteiger partial charge in [-0.1, -0.05) is 18.2 Å². The van der Waals surface area contributed by atoms with Gasteiger partial charge in [-0.2, -0.15) is 0 Å². The van der Waals surface area contributed by atoms with Gasteiger partial charge in [-0.15, -0.1) is 0 Å². The Balaban J connectivity index is 1.73. The van der Waals surface area contributed by atoms with E-state index in [4.69, 9.17) is 5.73 Å². The Bertz CT molecular complexity index is 612. The zero-order valence-corrected chi connectivity index (χ0v) is 11.2. The molecule has 2 aromatic rings. The lowest BCUT2D eigenvalue weighted by Gasteiger charge is -2.16. The van der Waals surface area contributed by atoms with Crippen LogP contribution in [-0.4, -0.2) is 17.4 Å². The van der Waals surface area contributed by atoms with Crippen molar-refractivity contribution in [3.63, 3.8) is 0 Å². The Morgan fingerprint density at radius 1 is 1.25 bits per heavy atom. The van der Waals surface area contributed by atoms with Gasteiger partial charge in [-0.05, 0) is 36.1 Å². The first-order valence-corrected chi connectivity index (χ1v) is 6.78. The molecule has 20 heavy (non-hydrogen) atoms. The summed E-state index contributed by atoms with van der Waals surface area (Å²) in [5.41, 5.74) is 8.70. The molecule has 0 bridgehead atoms. The number of amides is 1. The number of hydrogen-bond acceptors (Lipinski definition) is 3. The predicted molar refractivity (Wildman–Crippen MR) is 79.3 cm³/mol. The number of para-hydroxylation sites is 1. The minimum absolute atomic E-state index is 0.184. The first-order valence-electron chi connectivity index (χ1n) is 6.78. The van der Waals surface area contributed by atoms with Crippen LogP contribution >= 0.6 is 0 Å². The summed E-state index contributed by atoms with van der Waals surface area (Å²) >= 11 is 0. The van der Waals surface area contributed by atoms with Crippen LogP contribution in [-0.2, 0) is 11.2 Å². The molecule has 0 unspecified atom stereocenters. The molecule has 1 aromatic carbocycles. The summed E-state index contributed by atoms with van der Waals surface area (Å²) in [5.74, 6) is 0.484. The van der Waals surface area contributed by atoms with Gasteiger partial charge >= 0.3 is 0 Å². The van der Waals surface area contributed by atoms with Gasteiger partial charge in [0, 0.05) is 36.7 Å².